The van der Waals surface area contributed by atoms with E-state index in [4.69, 9.17) is 0 Å². The van der Waals surface area contributed by atoms with E-state index in [1.165, 1.54) is 13.8 Å². The predicted molar refractivity (Wildman–Crippen MR) is 60.1 cm³/mol. The Morgan fingerprint density at radius 1 is 0.952 bits per heavy atom. The van der Waals surface area contributed by atoms with Crippen molar-refractivity contribution in [3.05, 3.63) is 29.1 Å². The molecule has 1 aromatic heterocycles. The molecule has 1 rings (SSSR count). The Hall–Kier alpha value is -2.19. The average Bonchev–Trinajstić information content (AvgIpc) is 2.41. The van der Waals surface area contributed by atoms with Crippen molar-refractivity contribution in [2.24, 2.45) is 0 Å². The summed E-state index contributed by atoms with van der Waals surface area (Å²) in [4.78, 5) is 25.7. The summed E-state index contributed by atoms with van der Waals surface area (Å²) in [7, 11) is 0. The normalized spacial score (nSPS) is 10.6. The van der Waals surface area contributed by atoms with Crippen molar-refractivity contribution in [2.75, 3.05) is 13.2 Å². The molecule has 0 aliphatic heterocycles. The molecule has 5 nitrogen and oxygen atoms in total. The first kappa shape index (κ1) is 16.9. The van der Waals surface area contributed by atoms with Crippen molar-refractivity contribution in [1.82, 2.24) is 4.98 Å². The maximum atomic E-state index is 13.6. The number of esters is 2. The van der Waals surface area contributed by atoms with Crippen molar-refractivity contribution in [1.29, 1.82) is 0 Å². The fourth-order valence-corrected chi connectivity index (χ4v) is 1.54. The molecular weight excluding hydrogens is 298 g/mol. The van der Waals surface area contributed by atoms with E-state index in [0.29, 0.717) is 0 Å². The van der Waals surface area contributed by atoms with E-state index < -0.39 is 46.9 Å². The van der Waals surface area contributed by atoms with Gasteiger partial charge in [0.2, 0.25) is 0 Å². The maximum absolute atomic E-state index is 13.6. The fraction of sp³-hybridized carbons (Fsp3) is 0.417. The summed E-state index contributed by atoms with van der Waals surface area (Å²) in [6, 6.07) is 0. The number of halogens is 4. The van der Waals surface area contributed by atoms with E-state index in [9.17, 15) is 27.2 Å². The Kier molecular flexibility index (Phi) is 5.62. The Labute approximate surface area is 116 Å². The second kappa shape index (κ2) is 7.00. The molecule has 0 amide bonds. The second-order valence-electron chi connectivity index (χ2n) is 3.67. The average molecular weight is 309 g/mol. The lowest BCUT2D eigenvalue weighted by Crippen LogP contribution is -2.29. The number of aromatic nitrogens is 1. The molecule has 0 bridgehead atoms. The molecule has 0 unspecified atom stereocenters. The minimum atomic E-state index is -2.28. The first-order valence-corrected chi connectivity index (χ1v) is 5.88. The monoisotopic (exact) mass is 309 g/mol. The van der Waals surface area contributed by atoms with Crippen LogP contribution in [-0.2, 0) is 19.1 Å². The van der Waals surface area contributed by atoms with Crippen molar-refractivity contribution in [3.8, 4) is 0 Å². The lowest BCUT2D eigenvalue weighted by Gasteiger charge is -2.16. The van der Waals surface area contributed by atoms with Gasteiger partial charge in [0, 0.05) is 0 Å². The molecule has 1 aromatic rings. The largest absolute Gasteiger partial charge is 0.465 e. The van der Waals surface area contributed by atoms with Gasteiger partial charge in [0.25, 0.3) is 11.9 Å². The van der Waals surface area contributed by atoms with Gasteiger partial charge in [-0.05, 0) is 13.8 Å². The molecular formula is C12H11F4NO4. The number of hydrogen-bond acceptors (Lipinski definition) is 5. The minimum Gasteiger partial charge on any atom is -0.465 e. The molecule has 0 aliphatic rings. The molecule has 0 fully saturated rings. The molecule has 0 aliphatic carbocycles. The third kappa shape index (κ3) is 3.47. The summed E-state index contributed by atoms with van der Waals surface area (Å²) < 4.78 is 62.4. The zero-order chi connectivity index (χ0) is 16.2. The van der Waals surface area contributed by atoms with E-state index in [1.807, 2.05) is 0 Å². The van der Waals surface area contributed by atoms with Gasteiger partial charge in [-0.1, -0.05) is 0 Å². The van der Waals surface area contributed by atoms with Crippen LogP contribution in [0, 0.1) is 23.5 Å². The van der Waals surface area contributed by atoms with Gasteiger partial charge in [0.15, 0.2) is 17.6 Å². The minimum absolute atomic E-state index is 0.214. The number of ether oxygens (including phenoxy) is 2. The van der Waals surface area contributed by atoms with Crippen LogP contribution in [0.25, 0.3) is 0 Å². The van der Waals surface area contributed by atoms with Crippen LogP contribution >= 0.6 is 0 Å². The highest BCUT2D eigenvalue weighted by atomic mass is 19.2. The maximum Gasteiger partial charge on any atom is 0.325 e. The highest BCUT2D eigenvalue weighted by Gasteiger charge is 2.39. The van der Waals surface area contributed by atoms with Crippen LogP contribution in [0.15, 0.2) is 0 Å². The van der Waals surface area contributed by atoms with Gasteiger partial charge >= 0.3 is 11.9 Å². The lowest BCUT2D eigenvalue weighted by atomic mass is 9.99. The predicted octanol–water partition coefficient (Wildman–Crippen LogP) is 1.85. The zero-order valence-electron chi connectivity index (χ0n) is 11.1. The standard InChI is InChI=1S/C12H11F4NO4/c1-3-20-11(18)6(12(19)21-4-2)5-7(13)9(15)17-10(16)8(5)14/h6H,3-4H2,1-2H3. The second-order valence-corrected chi connectivity index (χ2v) is 3.67. The van der Waals surface area contributed by atoms with E-state index >= 15 is 0 Å². The number of rotatable bonds is 5. The smallest absolute Gasteiger partial charge is 0.325 e. The third-order valence-electron chi connectivity index (χ3n) is 2.36. The number of carbonyl (C=O) groups is 2. The summed E-state index contributed by atoms with van der Waals surface area (Å²) in [6.45, 7) is 2.32. The van der Waals surface area contributed by atoms with Crippen LogP contribution in [0.2, 0.25) is 0 Å². The molecule has 0 radical (unpaired) electrons. The molecule has 1 heterocycles. The summed E-state index contributed by atoms with van der Waals surface area (Å²) in [5.74, 6) is -12.9. The van der Waals surface area contributed by atoms with Gasteiger partial charge in [-0.2, -0.15) is 13.8 Å². The van der Waals surface area contributed by atoms with E-state index in [1.54, 1.807) is 0 Å². The highest BCUT2D eigenvalue weighted by Crippen LogP contribution is 2.27. The summed E-state index contributed by atoms with van der Waals surface area (Å²) in [6.07, 6.45) is 0. The Morgan fingerprint density at radius 3 is 1.67 bits per heavy atom. The van der Waals surface area contributed by atoms with Crippen LogP contribution in [0.5, 0.6) is 0 Å². The van der Waals surface area contributed by atoms with E-state index in [0.717, 1.165) is 0 Å². The SMILES string of the molecule is CCOC(=O)C(C(=O)OCC)c1c(F)c(F)nc(F)c1F. The van der Waals surface area contributed by atoms with Gasteiger partial charge in [-0.15, -0.1) is 0 Å². The van der Waals surface area contributed by atoms with Crippen LogP contribution < -0.4 is 0 Å². The molecule has 0 saturated heterocycles. The first-order chi connectivity index (χ1) is 9.84. The topological polar surface area (TPSA) is 65.5 Å². The number of hydrogen-bond donors (Lipinski definition) is 0. The summed E-state index contributed by atoms with van der Waals surface area (Å²) in [5.41, 5.74) is -1.43. The molecule has 0 N–H and O–H groups in total. The van der Waals surface area contributed by atoms with Crippen molar-refractivity contribution < 1.29 is 36.6 Å². The van der Waals surface area contributed by atoms with Gasteiger partial charge in [-0.3, -0.25) is 9.59 Å². The van der Waals surface area contributed by atoms with Crippen LogP contribution in [0.3, 0.4) is 0 Å². The highest BCUT2D eigenvalue weighted by molar-refractivity contribution is 6.00. The zero-order valence-corrected chi connectivity index (χ0v) is 11.1. The Balaban J connectivity index is 3.45. The van der Waals surface area contributed by atoms with Gasteiger partial charge in [0.1, 0.15) is 0 Å². The van der Waals surface area contributed by atoms with Crippen molar-refractivity contribution in [3.63, 3.8) is 0 Å². The number of nitrogens with zero attached hydrogens (tertiary/aromatic N) is 1. The third-order valence-corrected chi connectivity index (χ3v) is 2.36. The van der Waals surface area contributed by atoms with E-state index in [-0.39, 0.29) is 13.2 Å². The molecule has 21 heavy (non-hydrogen) atoms. The molecule has 9 heteroatoms. The quantitative estimate of drug-likeness (QED) is 0.359. The van der Waals surface area contributed by atoms with Gasteiger partial charge in [0.05, 0.1) is 18.8 Å². The molecule has 0 atom stereocenters. The Bertz CT molecular complexity index is 520. The summed E-state index contributed by atoms with van der Waals surface area (Å²) >= 11 is 0. The Morgan fingerprint density at radius 2 is 1.33 bits per heavy atom. The molecule has 0 spiro atoms. The van der Waals surface area contributed by atoms with Crippen LogP contribution in [0.4, 0.5) is 17.6 Å². The number of carbonyl (C=O) groups excluding carboxylic acids is 2. The van der Waals surface area contributed by atoms with E-state index in [2.05, 4.69) is 14.5 Å². The summed E-state index contributed by atoms with van der Waals surface area (Å²) in [5, 5.41) is 0. The molecule has 0 aromatic carbocycles. The fourth-order valence-electron chi connectivity index (χ4n) is 1.54. The van der Waals surface area contributed by atoms with Gasteiger partial charge < -0.3 is 9.47 Å². The van der Waals surface area contributed by atoms with Crippen molar-refractivity contribution >= 4 is 11.9 Å². The van der Waals surface area contributed by atoms with Gasteiger partial charge in [-0.25, -0.2) is 8.78 Å². The lowest BCUT2D eigenvalue weighted by molar-refractivity contribution is -0.157. The van der Waals surface area contributed by atoms with Crippen LogP contribution in [-0.4, -0.2) is 30.1 Å². The van der Waals surface area contributed by atoms with Crippen molar-refractivity contribution in [2.45, 2.75) is 19.8 Å². The number of pyridine rings is 1. The molecule has 116 valence electrons. The van der Waals surface area contributed by atoms with Crippen LogP contribution in [0.1, 0.15) is 25.3 Å². The first-order valence-electron chi connectivity index (χ1n) is 5.88. The molecule has 0 saturated carbocycles.